The monoisotopic (exact) mass is 435 g/mol. The van der Waals surface area contributed by atoms with E-state index in [9.17, 15) is 8.42 Å². The number of hydrogen-bond donors (Lipinski definition) is 3. The molecule has 1 aliphatic heterocycles. The van der Waals surface area contributed by atoms with Crippen LogP contribution < -0.4 is 15.8 Å². The van der Waals surface area contributed by atoms with Gasteiger partial charge in [-0.05, 0) is 44.0 Å². The standard InChI is InChI=1S/C20H29N5O2S2/c1-2-22-20(24-14-18-10-11-19(28-18)29(21,26)27)23-13-17-9-6-12-25(17)15-16-7-4-3-5-8-16/h3-5,7-8,10-11,17H,2,6,9,12-15H2,1H3,(H2,21,26,27)(H2,22,23,24). The maximum absolute atomic E-state index is 11.4. The van der Waals surface area contributed by atoms with E-state index in [1.54, 1.807) is 6.07 Å². The van der Waals surface area contributed by atoms with E-state index in [2.05, 4.69) is 44.8 Å². The van der Waals surface area contributed by atoms with Crippen LogP contribution in [0.25, 0.3) is 0 Å². The van der Waals surface area contributed by atoms with E-state index >= 15 is 0 Å². The van der Waals surface area contributed by atoms with E-state index < -0.39 is 10.0 Å². The predicted octanol–water partition coefficient (Wildman–Crippen LogP) is 2.12. The fraction of sp³-hybridized carbons (Fsp3) is 0.450. The average Bonchev–Trinajstić information content (AvgIpc) is 3.34. The highest BCUT2D eigenvalue weighted by Crippen LogP contribution is 2.21. The van der Waals surface area contributed by atoms with Crippen LogP contribution in [0, 0.1) is 0 Å². The number of primary sulfonamides is 1. The smallest absolute Gasteiger partial charge is 0.247 e. The van der Waals surface area contributed by atoms with Crippen LogP contribution in [0.1, 0.15) is 30.2 Å². The quantitative estimate of drug-likeness (QED) is 0.436. The van der Waals surface area contributed by atoms with Crippen LogP contribution in [0.2, 0.25) is 0 Å². The lowest BCUT2D eigenvalue weighted by Gasteiger charge is -2.25. The van der Waals surface area contributed by atoms with Crippen molar-refractivity contribution in [1.29, 1.82) is 0 Å². The van der Waals surface area contributed by atoms with Crippen molar-refractivity contribution in [3.8, 4) is 0 Å². The second-order valence-corrected chi connectivity index (χ2v) is 10.1. The minimum absolute atomic E-state index is 0.170. The molecule has 7 nitrogen and oxygen atoms in total. The van der Waals surface area contributed by atoms with Gasteiger partial charge in [-0.1, -0.05) is 30.3 Å². The molecule has 1 saturated heterocycles. The van der Waals surface area contributed by atoms with E-state index in [0.29, 0.717) is 12.6 Å². The van der Waals surface area contributed by atoms with Gasteiger partial charge in [0.05, 0.1) is 6.54 Å². The second kappa shape index (κ2) is 10.2. The first kappa shape index (κ1) is 21.8. The van der Waals surface area contributed by atoms with Gasteiger partial charge in [0.2, 0.25) is 10.0 Å². The predicted molar refractivity (Wildman–Crippen MR) is 118 cm³/mol. The average molecular weight is 436 g/mol. The molecule has 1 aromatic heterocycles. The van der Waals surface area contributed by atoms with Crippen molar-refractivity contribution in [2.24, 2.45) is 10.1 Å². The Morgan fingerprint density at radius 3 is 2.72 bits per heavy atom. The Hall–Kier alpha value is -1.94. The zero-order chi connectivity index (χ0) is 20.7. The Bertz CT molecular complexity index is 912. The molecule has 1 fully saturated rings. The van der Waals surface area contributed by atoms with E-state index in [4.69, 9.17) is 5.14 Å². The van der Waals surface area contributed by atoms with Gasteiger partial charge in [-0.25, -0.2) is 18.5 Å². The van der Waals surface area contributed by atoms with E-state index in [0.717, 1.165) is 48.4 Å². The third-order valence-electron chi connectivity index (χ3n) is 4.89. The van der Waals surface area contributed by atoms with Crippen molar-refractivity contribution in [1.82, 2.24) is 15.5 Å². The largest absolute Gasteiger partial charge is 0.357 e. The number of nitrogens with one attached hydrogen (secondary N) is 2. The number of nitrogens with zero attached hydrogens (tertiary/aromatic N) is 2. The molecule has 0 saturated carbocycles. The number of guanidine groups is 1. The number of nitrogens with two attached hydrogens (primary N) is 1. The SMILES string of the molecule is CCNC(=NCc1ccc(S(N)(=O)=O)s1)NCC1CCCN1Cc1ccccc1. The Kier molecular flexibility index (Phi) is 7.65. The first-order chi connectivity index (χ1) is 14.0. The summed E-state index contributed by atoms with van der Waals surface area (Å²) in [7, 11) is -3.65. The molecule has 3 rings (SSSR count). The Morgan fingerprint density at radius 1 is 1.24 bits per heavy atom. The Morgan fingerprint density at radius 2 is 2.03 bits per heavy atom. The van der Waals surface area contributed by atoms with Gasteiger partial charge in [-0.3, -0.25) is 4.90 Å². The molecular formula is C20H29N5O2S2. The molecule has 29 heavy (non-hydrogen) atoms. The first-order valence-electron chi connectivity index (χ1n) is 9.87. The lowest BCUT2D eigenvalue weighted by atomic mass is 10.2. The molecule has 2 aromatic rings. The molecule has 0 radical (unpaired) electrons. The minimum Gasteiger partial charge on any atom is -0.357 e. The number of rotatable bonds is 8. The second-order valence-electron chi connectivity index (χ2n) is 7.09. The zero-order valence-electron chi connectivity index (χ0n) is 16.7. The lowest BCUT2D eigenvalue weighted by molar-refractivity contribution is 0.245. The fourth-order valence-electron chi connectivity index (χ4n) is 3.46. The van der Waals surface area contributed by atoms with E-state index in [1.807, 2.05) is 13.0 Å². The number of hydrogen-bond acceptors (Lipinski definition) is 5. The summed E-state index contributed by atoms with van der Waals surface area (Å²) in [5, 5.41) is 11.9. The third kappa shape index (κ3) is 6.53. The maximum atomic E-state index is 11.4. The van der Waals surface area contributed by atoms with Gasteiger partial charge in [-0.2, -0.15) is 0 Å². The van der Waals surface area contributed by atoms with Crippen LogP contribution in [0.15, 0.2) is 51.7 Å². The molecule has 0 aliphatic carbocycles. The zero-order valence-corrected chi connectivity index (χ0v) is 18.3. The third-order valence-corrected chi connectivity index (χ3v) is 7.40. The van der Waals surface area contributed by atoms with E-state index in [1.165, 1.54) is 24.5 Å². The normalized spacial score (nSPS) is 18.1. The molecule has 0 bridgehead atoms. The molecular weight excluding hydrogens is 406 g/mol. The summed E-state index contributed by atoms with van der Waals surface area (Å²) in [5.41, 5.74) is 1.34. The van der Waals surface area contributed by atoms with E-state index in [-0.39, 0.29) is 4.21 Å². The number of thiophene rings is 1. The van der Waals surface area contributed by atoms with Gasteiger partial charge in [-0.15, -0.1) is 11.3 Å². The fourth-order valence-corrected chi connectivity index (χ4v) is 5.16. The van der Waals surface area contributed by atoms with Crippen molar-refractivity contribution < 1.29 is 8.42 Å². The van der Waals surface area contributed by atoms with Gasteiger partial charge in [0.25, 0.3) is 0 Å². The highest BCUT2D eigenvalue weighted by Gasteiger charge is 2.24. The van der Waals surface area contributed by atoms with Gasteiger partial charge in [0.15, 0.2) is 5.96 Å². The maximum Gasteiger partial charge on any atom is 0.247 e. The molecule has 0 spiro atoms. The summed E-state index contributed by atoms with van der Waals surface area (Å²) >= 11 is 1.16. The number of benzene rings is 1. The number of likely N-dealkylation sites (tertiary alicyclic amines) is 1. The molecule has 2 heterocycles. The number of sulfonamides is 1. The van der Waals surface area contributed by atoms with Crippen LogP contribution in [0.3, 0.4) is 0 Å². The van der Waals surface area contributed by atoms with Gasteiger partial charge < -0.3 is 10.6 Å². The number of aliphatic imine (C=N–C) groups is 1. The van der Waals surface area contributed by atoms with Crippen LogP contribution in [0.5, 0.6) is 0 Å². The summed E-state index contributed by atoms with van der Waals surface area (Å²) in [6, 6.07) is 14.3. The first-order valence-corrected chi connectivity index (χ1v) is 12.2. The molecule has 1 aliphatic rings. The highest BCUT2D eigenvalue weighted by atomic mass is 32.2. The molecule has 158 valence electrons. The van der Waals surface area contributed by atoms with Gasteiger partial charge >= 0.3 is 0 Å². The van der Waals surface area contributed by atoms with Crippen molar-refractivity contribution in [2.75, 3.05) is 19.6 Å². The molecule has 1 aromatic carbocycles. The summed E-state index contributed by atoms with van der Waals surface area (Å²) < 4.78 is 23.0. The molecule has 0 amide bonds. The topological polar surface area (TPSA) is 99.8 Å². The van der Waals surface area contributed by atoms with Crippen molar-refractivity contribution in [3.05, 3.63) is 52.9 Å². The Labute approximate surface area is 177 Å². The van der Waals surface area contributed by atoms with Crippen LogP contribution in [0.4, 0.5) is 0 Å². The molecule has 9 heteroatoms. The van der Waals surface area contributed by atoms with Gasteiger partial charge in [0.1, 0.15) is 4.21 Å². The molecule has 1 atom stereocenters. The molecule has 4 N–H and O–H groups in total. The summed E-state index contributed by atoms with van der Waals surface area (Å²) in [5.74, 6) is 0.740. The Balaban J connectivity index is 1.57. The molecule has 1 unspecified atom stereocenters. The van der Waals surface area contributed by atoms with Crippen molar-refractivity contribution >= 4 is 27.3 Å². The van der Waals surface area contributed by atoms with Crippen LogP contribution in [-0.4, -0.2) is 45.0 Å². The van der Waals surface area contributed by atoms with Crippen LogP contribution in [-0.2, 0) is 23.1 Å². The van der Waals surface area contributed by atoms with Crippen LogP contribution >= 0.6 is 11.3 Å². The minimum atomic E-state index is -3.65. The summed E-state index contributed by atoms with van der Waals surface area (Å²) in [6.07, 6.45) is 2.38. The van der Waals surface area contributed by atoms with Gasteiger partial charge in [0, 0.05) is 30.6 Å². The summed E-state index contributed by atoms with van der Waals surface area (Å²) in [4.78, 5) is 7.98. The van der Waals surface area contributed by atoms with Crippen molar-refractivity contribution in [2.45, 2.75) is 43.1 Å². The lowest BCUT2D eigenvalue weighted by Crippen LogP contribution is -2.44. The van der Waals surface area contributed by atoms with Crippen molar-refractivity contribution in [3.63, 3.8) is 0 Å². The summed E-state index contributed by atoms with van der Waals surface area (Å²) in [6.45, 7) is 6.10. The highest BCUT2D eigenvalue weighted by molar-refractivity contribution is 7.91.